The van der Waals surface area contributed by atoms with Gasteiger partial charge in [-0.25, -0.2) is 17.6 Å². The van der Waals surface area contributed by atoms with Crippen molar-refractivity contribution < 1.29 is 27.1 Å². The lowest BCUT2D eigenvalue weighted by Crippen LogP contribution is -2.28. The molecule has 0 radical (unpaired) electrons. The lowest BCUT2D eigenvalue weighted by molar-refractivity contribution is 0.0474. The summed E-state index contributed by atoms with van der Waals surface area (Å²) in [6, 6.07) is 10.6. The Bertz CT molecular complexity index is 968. The number of ether oxygens (including phenoxy) is 1. The van der Waals surface area contributed by atoms with Gasteiger partial charge in [0.05, 0.1) is 10.5 Å². The Morgan fingerprint density at radius 3 is 2.37 bits per heavy atom. The highest BCUT2D eigenvalue weighted by Gasteiger charge is 2.27. The van der Waals surface area contributed by atoms with Crippen molar-refractivity contribution in [3.63, 3.8) is 0 Å². The summed E-state index contributed by atoms with van der Waals surface area (Å²) in [6.45, 7) is 0.351. The zero-order valence-electron chi connectivity index (χ0n) is 14.4. The minimum Gasteiger partial charge on any atom is -0.454 e. The lowest BCUT2D eigenvalue weighted by atomic mass is 10.1. The SMILES string of the molecule is O=C(COC(=O)c1cccc(S(=O)(=O)N2CCCC2)c1)c1cccc(F)c1. The molecular weight excluding hydrogens is 373 g/mol. The number of rotatable bonds is 6. The fourth-order valence-corrected chi connectivity index (χ4v) is 4.38. The first-order valence-corrected chi connectivity index (χ1v) is 9.88. The van der Waals surface area contributed by atoms with Crippen molar-refractivity contribution in [2.24, 2.45) is 0 Å². The normalized spacial score (nSPS) is 14.9. The predicted octanol–water partition coefficient (Wildman–Crippen LogP) is 2.65. The van der Waals surface area contributed by atoms with Gasteiger partial charge in [-0.2, -0.15) is 4.31 Å². The maximum Gasteiger partial charge on any atom is 0.338 e. The molecule has 0 bridgehead atoms. The second-order valence-corrected chi connectivity index (χ2v) is 8.09. The maximum absolute atomic E-state index is 13.2. The van der Waals surface area contributed by atoms with Crippen LogP contribution in [0.25, 0.3) is 0 Å². The molecule has 0 atom stereocenters. The number of halogens is 1. The molecule has 142 valence electrons. The van der Waals surface area contributed by atoms with Crippen molar-refractivity contribution in [3.8, 4) is 0 Å². The molecule has 0 unspecified atom stereocenters. The second kappa shape index (κ2) is 7.98. The van der Waals surface area contributed by atoms with E-state index in [4.69, 9.17) is 4.74 Å². The summed E-state index contributed by atoms with van der Waals surface area (Å²) in [7, 11) is -3.66. The summed E-state index contributed by atoms with van der Waals surface area (Å²) < 4.78 is 44.6. The Labute approximate surface area is 156 Å². The Morgan fingerprint density at radius 2 is 1.67 bits per heavy atom. The minimum atomic E-state index is -3.66. The van der Waals surface area contributed by atoms with Gasteiger partial charge in [0.25, 0.3) is 0 Å². The number of carbonyl (C=O) groups is 2. The first-order chi connectivity index (χ1) is 12.9. The van der Waals surface area contributed by atoms with Crippen molar-refractivity contribution in [1.82, 2.24) is 4.31 Å². The molecule has 1 heterocycles. The van der Waals surface area contributed by atoms with E-state index in [-0.39, 0.29) is 16.0 Å². The number of ketones is 1. The van der Waals surface area contributed by atoms with Crippen LogP contribution in [-0.2, 0) is 14.8 Å². The van der Waals surface area contributed by atoms with Crippen LogP contribution in [0, 0.1) is 5.82 Å². The van der Waals surface area contributed by atoms with E-state index < -0.39 is 34.2 Å². The highest BCUT2D eigenvalue weighted by atomic mass is 32.2. The summed E-state index contributed by atoms with van der Waals surface area (Å²) in [5, 5.41) is 0. The van der Waals surface area contributed by atoms with Crippen molar-refractivity contribution in [1.29, 1.82) is 0 Å². The van der Waals surface area contributed by atoms with Gasteiger partial charge in [0.1, 0.15) is 5.82 Å². The fourth-order valence-electron chi connectivity index (χ4n) is 2.82. The van der Waals surface area contributed by atoms with Crippen LogP contribution in [0.2, 0.25) is 0 Å². The van der Waals surface area contributed by atoms with Crippen LogP contribution in [0.1, 0.15) is 33.6 Å². The molecule has 0 amide bonds. The number of sulfonamides is 1. The number of benzene rings is 2. The van der Waals surface area contributed by atoms with Crippen molar-refractivity contribution >= 4 is 21.8 Å². The monoisotopic (exact) mass is 391 g/mol. The average molecular weight is 391 g/mol. The first kappa shape index (κ1) is 19.2. The Balaban J connectivity index is 1.69. The van der Waals surface area contributed by atoms with Crippen LogP contribution in [0.3, 0.4) is 0 Å². The van der Waals surface area contributed by atoms with Crippen molar-refractivity contribution in [3.05, 3.63) is 65.5 Å². The number of nitrogens with zero attached hydrogens (tertiary/aromatic N) is 1. The molecule has 2 aromatic rings. The van der Waals surface area contributed by atoms with Gasteiger partial charge in [0.2, 0.25) is 10.0 Å². The van der Waals surface area contributed by atoms with Gasteiger partial charge in [0, 0.05) is 18.7 Å². The average Bonchev–Trinajstić information content (AvgIpc) is 3.21. The highest BCUT2D eigenvalue weighted by molar-refractivity contribution is 7.89. The van der Waals surface area contributed by atoms with E-state index >= 15 is 0 Å². The smallest absolute Gasteiger partial charge is 0.338 e. The van der Waals surface area contributed by atoms with Gasteiger partial charge in [0.15, 0.2) is 12.4 Å². The van der Waals surface area contributed by atoms with E-state index in [1.54, 1.807) is 0 Å². The van der Waals surface area contributed by atoms with E-state index in [0.29, 0.717) is 13.1 Å². The first-order valence-electron chi connectivity index (χ1n) is 8.44. The molecule has 8 heteroatoms. The molecule has 1 aliphatic heterocycles. The third-order valence-corrected chi connectivity index (χ3v) is 6.15. The number of hydrogen-bond acceptors (Lipinski definition) is 5. The van der Waals surface area contributed by atoms with Crippen LogP contribution < -0.4 is 0 Å². The second-order valence-electron chi connectivity index (χ2n) is 6.15. The standard InChI is InChI=1S/C19H18FNO5S/c20-16-7-3-5-14(11-16)18(22)13-26-19(23)15-6-4-8-17(12-15)27(24,25)21-9-1-2-10-21/h3-8,11-12H,1-2,9-10,13H2. The lowest BCUT2D eigenvalue weighted by Gasteiger charge is -2.15. The topological polar surface area (TPSA) is 80.8 Å². The Morgan fingerprint density at radius 1 is 1.00 bits per heavy atom. The van der Waals surface area contributed by atoms with Gasteiger partial charge >= 0.3 is 5.97 Å². The van der Waals surface area contributed by atoms with Crippen LogP contribution in [0.5, 0.6) is 0 Å². The highest BCUT2D eigenvalue weighted by Crippen LogP contribution is 2.21. The molecule has 0 N–H and O–H groups in total. The van der Waals surface area contributed by atoms with Crippen LogP contribution in [0.4, 0.5) is 4.39 Å². The van der Waals surface area contributed by atoms with Gasteiger partial charge in [-0.15, -0.1) is 0 Å². The Kier molecular flexibility index (Phi) is 5.67. The summed E-state index contributed by atoms with van der Waals surface area (Å²) in [5.41, 5.74) is 0.121. The molecule has 1 fully saturated rings. The molecule has 0 saturated carbocycles. The summed E-state index contributed by atoms with van der Waals surface area (Å²) in [4.78, 5) is 24.2. The van der Waals surface area contributed by atoms with Gasteiger partial charge < -0.3 is 4.74 Å². The number of esters is 1. The van der Waals surface area contributed by atoms with E-state index in [0.717, 1.165) is 18.9 Å². The van der Waals surface area contributed by atoms with E-state index in [9.17, 15) is 22.4 Å². The van der Waals surface area contributed by atoms with Crippen LogP contribution in [-0.4, -0.2) is 44.2 Å². The van der Waals surface area contributed by atoms with Gasteiger partial charge in [-0.1, -0.05) is 18.2 Å². The molecule has 27 heavy (non-hydrogen) atoms. The Hall–Kier alpha value is -2.58. The van der Waals surface area contributed by atoms with E-state index in [1.165, 1.54) is 46.8 Å². The third kappa shape index (κ3) is 4.40. The quantitative estimate of drug-likeness (QED) is 0.559. The van der Waals surface area contributed by atoms with E-state index in [1.807, 2.05) is 0 Å². The number of hydrogen-bond donors (Lipinski definition) is 0. The van der Waals surface area contributed by atoms with Crippen LogP contribution >= 0.6 is 0 Å². The molecule has 1 aliphatic rings. The van der Waals surface area contributed by atoms with Gasteiger partial charge in [-0.05, 0) is 43.2 Å². The fraction of sp³-hybridized carbons (Fsp3) is 0.263. The maximum atomic E-state index is 13.2. The van der Waals surface area contributed by atoms with Crippen molar-refractivity contribution in [2.45, 2.75) is 17.7 Å². The van der Waals surface area contributed by atoms with Crippen molar-refractivity contribution in [2.75, 3.05) is 19.7 Å². The molecule has 0 aromatic heterocycles. The summed E-state index contributed by atoms with van der Waals surface area (Å²) in [5.74, 6) is -1.94. The molecule has 0 spiro atoms. The predicted molar refractivity (Wildman–Crippen MR) is 95.4 cm³/mol. The largest absolute Gasteiger partial charge is 0.454 e. The molecule has 6 nitrogen and oxygen atoms in total. The molecule has 1 saturated heterocycles. The molecule has 2 aromatic carbocycles. The van der Waals surface area contributed by atoms with Crippen LogP contribution in [0.15, 0.2) is 53.4 Å². The van der Waals surface area contributed by atoms with Gasteiger partial charge in [-0.3, -0.25) is 4.79 Å². The molecule has 0 aliphatic carbocycles. The zero-order chi connectivity index (χ0) is 19.4. The number of carbonyl (C=O) groups excluding carboxylic acids is 2. The summed E-state index contributed by atoms with van der Waals surface area (Å²) in [6.07, 6.45) is 1.62. The number of Topliss-reactive ketones (excluding diaryl/α,β-unsaturated/α-hetero) is 1. The molecule has 3 rings (SSSR count). The van der Waals surface area contributed by atoms with E-state index in [2.05, 4.69) is 0 Å². The summed E-state index contributed by atoms with van der Waals surface area (Å²) >= 11 is 0. The minimum absolute atomic E-state index is 0.00954. The third-order valence-electron chi connectivity index (χ3n) is 4.25. The zero-order valence-corrected chi connectivity index (χ0v) is 15.2. The molecular formula is C19H18FNO5S.